The first-order chi connectivity index (χ1) is 12.0. The molecule has 0 amide bonds. The maximum atomic E-state index is 11.8. The van der Waals surface area contributed by atoms with Gasteiger partial charge in [-0.3, -0.25) is 9.36 Å². The third-order valence-electron chi connectivity index (χ3n) is 4.02. The van der Waals surface area contributed by atoms with Crippen molar-refractivity contribution in [3.8, 4) is 0 Å². The molecule has 0 unspecified atom stereocenters. The summed E-state index contributed by atoms with van der Waals surface area (Å²) in [6.07, 6.45) is 1.51. The zero-order valence-electron chi connectivity index (χ0n) is 13.7. The molecule has 3 heterocycles. The average molecular weight is 349 g/mol. The first-order valence-electron chi connectivity index (χ1n) is 7.87. The van der Waals surface area contributed by atoms with E-state index in [9.17, 15) is 14.7 Å². The van der Waals surface area contributed by atoms with Crippen LogP contribution in [0.1, 0.15) is 32.4 Å². The van der Waals surface area contributed by atoms with E-state index in [4.69, 9.17) is 15.2 Å². The number of Topliss-reactive ketones (excluding diaryl/α,β-unsaturated/α-hetero) is 1. The molecular weight excluding hydrogens is 330 g/mol. The number of carbonyl (C=O) groups is 2. The van der Waals surface area contributed by atoms with E-state index in [1.807, 2.05) is 0 Å². The van der Waals surface area contributed by atoms with Crippen molar-refractivity contribution >= 4 is 28.7 Å². The van der Waals surface area contributed by atoms with Crippen molar-refractivity contribution in [3.05, 3.63) is 12.7 Å². The summed E-state index contributed by atoms with van der Waals surface area (Å²) in [6, 6.07) is 0. The molecule has 1 fully saturated rings. The highest BCUT2D eigenvalue weighted by molar-refractivity contribution is 5.81. The highest BCUT2D eigenvalue weighted by Gasteiger charge is 2.39. The van der Waals surface area contributed by atoms with Gasteiger partial charge in [0, 0.05) is 12.8 Å². The molecule has 3 rings (SSSR count). The third kappa shape index (κ3) is 3.59. The number of rotatable bonds is 6. The number of imidazole rings is 1. The number of aromatic nitrogens is 4. The second-order valence-corrected chi connectivity index (χ2v) is 5.86. The van der Waals surface area contributed by atoms with Crippen LogP contribution in [0.15, 0.2) is 12.7 Å². The first-order valence-corrected chi connectivity index (χ1v) is 7.87. The number of nitrogens with two attached hydrogens (primary N) is 1. The fraction of sp³-hybridized carbons (Fsp3) is 0.533. The zero-order chi connectivity index (χ0) is 18.0. The Morgan fingerprint density at radius 3 is 2.92 bits per heavy atom. The summed E-state index contributed by atoms with van der Waals surface area (Å²) < 4.78 is 12.8. The number of fused-ring (bicyclic) bond motifs is 1. The third-order valence-corrected chi connectivity index (χ3v) is 4.02. The molecule has 0 aromatic carbocycles. The Hall–Kier alpha value is -2.59. The van der Waals surface area contributed by atoms with Crippen molar-refractivity contribution < 1.29 is 24.2 Å². The minimum absolute atomic E-state index is 0.00636. The van der Waals surface area contributed by atoms with E-state index in [1.165, 1.54) is 19.6 Å². The summed E-state index contributed by atoms with van der Waals surface area (Å²) in [5.74, 6) is -0.323. The Kier molecular flexibility index (Phi) is 4.91. The van der Waals surface area contributed by atoms with Crippen LogP contribution in [0.3, 0.4) is 0 Å². The standard InChI is InChI=1S/C15H19N5O5/c1-8(22)2-3-12(23)25-9-4-11(24-10(9)5-21)20-7-19-13-14(16)17-6-18-15(13)20/h6-7,9-11,21H,2-5H2,1H3,(H2,16,17,18)/t9-,10+,11+/m0/s1. The van der Waals surface area contributed by atoms with Crippen LogP contribution in [-0.2, 0) is 19.1 Å². The predicted molar refractivity (Wildman–Crippen MR) is 85.1 cm³/mol. The van der Waals surface area contributed by atoms with Gasteiger partial charge >= 0.3 is 5.97 Å². The summed E-state index contributed by atoms with van der Waals surface area (Å²) in [4.78, 5) is 35.0. The van der Waals surface area contributed by atoms with Gasteiger partial charge < -0.3 is 25.1 Å². The van der Waals surface area contributed by atoms with Gasteiger partial charge in [0.05, 0.1) is 19.4 Å². The first kappa shape index (κ1) is 17.2. The summed E-state index contributed by atoms with van der Waals surface area (Å²) in [5.41, 5.74) is 6.72. The number of nitrogens with zero attached hydrogens (tertiary/aromatic N) is 4. The normalized spacial score (nSPS) is 23.0. The van der Waals surface area contributed by atoms with Gasteiger partial charge in [-0.25, -0.2) is 15.0 Å². The molecule has 2 aromatic rings. The number of hydrogen-bond acceptors (Lipinski definition) is 9. The van der Waals surface area contributed by atoms with Crippen molar-refractivity contribution in [2.24, 2.45) is 0 Å². The molecule has 25 heavy (non-hydrogen) atoms. The van der Waals surface area contributed by atoms with E-state index < -0.39 is 24.4 Å². The second kappa shape index (κ2) is 7.11. The molecule has 10 heteroatoms. The van der Waals surface area contributed by atoms with Crippen molar-refractivity contribution in [3.63, 3.8) is 0 Å². The van der Waals surface area contributed by atoms with Crippen LogP contribution >= 0.6 is 0 Å². The molecule has 0 spiro atoms. The Bertz CT molecular complexity index is 792. The molecule has 0 saturated carbocycles. The summed E-state index contributed by atoms with van der Waals surface area (Å²) in [6.45, 7) is 1.11. The fourth-order valence-electron chi connectivity index (χ4n) is 2.75. The molecule has 2 aromatic heterocycles. The van der Waals surface area contributed by atoms with Gasteiger partial charge in [0.2, 0.25) is 0 Å². The van der Waals surface area contributed by atoms with Gasteiger partial charge in [0.25, 0.3) is 0 Å². The van der Waals surface area contributed by atoms with Gasteiger partial charge in [-0.15, -0.1) is 0 Å². The van der Waals surface area contributed by atoms with Crippen LogP contribution in [0.2, 0.25) is 0 Å². The molecule has 3 atom stereocenters. The Labute approximate surface area is 143 Å². The van der Waals surface area contributed by atoms with Gasteiger partial charge in [-0.2, -0.15) is 0 Å². The number of ether oxygens (including phenoxy) is 2. The topological polar surface area (TPSA) is 142 Å². The lowest BCUT2D eigenvalue weighted by Crippen LogP contribution is -2.30. The monoisotopic (exact) mass is 349 g/mol. The lowest BCUT2D eigenvalue weighted by atomic mass is 10.2. The van der Waals surface area contributed by atoms with E-state index in [2.05, 4.69) is 15.0 Å². The average Bonchev–Trinajstić information content (AvgIpc) is 3.17. The summed E-state index contributed by atoms with van der Waals surface area (Å²) in [7, 11) is 0. The summed E-state index contributed by atoms with van der Waals surface area (Å²) in [5, 5.41) is 9.50. The summed E-state index contributed by atoms with van der Waals surface area (Å²) >= 11 is 0. The van der Waals surface area contributed by atoms with Gasteiger partial charge in [0.15, 0.2) is 11.5 Å². The number of hydrogen-bond donors (Lipinski definition) is 2. The molecular formula is C15H19N5O5. The number of esters is 1. The van der Waals surface area contributed by atoms with E-state index in [0.717, 1.165) is 0 Å². The Balaban J connectivity index is 1.73. The van der Waals surface area contributed by atoms with Crippen molar-refractivity contribution in [1.82, 2.24) is 19.5 Å². The van der Waals surface area contributed by atoms with Crippen LogP contribution in [0, 0.1) is 0 Å². The van der Waals surface area contributed by atoms with E-state index in [0.29, 0.717) is 17.6 Å². The molecule has 10 nitrogen and oxygen atoms in total. The molecule has 0 bridgehead atoms. The quantitative estimate of drug-likeness (QED) is 0.687. The molecule has 1 aliphatic heterocycles. The number of anilines is 1. The van der Waals surface area contributed by atoms with Crippen molar-refractivity contribution in [2.45, 2.75) is 44.6 Å². The van der Waals surface area contributed by atoms with Crippen LogP contribution < -0.4 is 5.73 Å². The minimum Gasteiger partial charge on any atom is -0.459 e. The van der Waals surface area contributed by atoms with Crippen molar-refractivity contribution in [1.29, 1.82) is 0 Å². The molecule has 134 valence electrons. The highest BCUT2D eigenvalue weighted by atomic mass is 16.6. The smallest absolute Gasteiger partial charge is 0.306 e. The van der Waals surface area contributed by atoms with E-state index >= 15 is 0 Å². The molecule has 3 N–H and O–H groups in total. The number of carbonyl (C=O) groups excluding carboxylic acids is 2. The van der Waals surface area contributed by atoms with Crippen LogP contribution in [-0.4, -0.2) is 55.2 Å². The van der Waals surface area contributed by atoms with Gasteiger partial charge in [0.1, 0.15) is 36.1 Å². The zero-order valence-corrected chi connectivity index (χ0v) is 13.7. The molecule has 0 radical (unpaired) electrons. The van der Waals surface area contributed by atoms with Gasteiger partial charge in [-0.05, 0) is 6.92 Å². The number of aliphatic hydroxyl groups excluding tert-OH is 1. The van der Waals surface area contributed by atoms with E-state index in [-0.39, 0.29) is 31.0 Å². The highest BCUT2D eigenvalue weighted by Crippen LogP contribution is 2.33. The molecule has 1 saturated heterocycles. The molecule has 1 aliphatic rings. The van der Waals surface area contributed by atoms with Crippen LogP contribution in [0.5, 0.6) is 0 Å². The van der Waals surface area contributed by atoms with Crippen molar-refractivity contribution in [2.75, 3.05) is 12.3 Å². The van der Waals surface area contributed by atoms with Gasteiger partial charge in [-0.1, -0.05) is 0 Å². The maximum Gasteiger partial charge on any atom is 0.306 e. The number of nitrogen functional groups attached to an aromatic ring is 1. The predicted octanol–water partition coefficient (Wildman–Crippen LogP) is -0.0307. The SMILES string of the molecule is CC(=O)CCC(=O)O[C@H]1C[C@H](n2cnc3c(N)ncnc32)O[C@@H]1CO. The Morgan fingerprint density at radius 1 is 1.40 bits per heavy atom. The van der Waals surface area contributed by atoms with Crippen LogP contribution in [0.4, 0.5) is 5.82 Å². The minimum atomic E-state index is -0.664. The lowest BCUT2D eigenvalue weighted by Gasteiger charge is -2.16. The lowest BCUT2D eigenvalue weighted by molar-refractivity contribution is -0.153. The maximum absolute atomic E-state index is 11.8. The Morgan fingerprint density at radius 2 is 2.20 bits per heavy atom. The van der Waals surface area contributed by atoms with Crippen LogP contribution in [0.25, 0.3) is 11.2 Å². The number of ketones is 1. The van der Waals surface area contributed by atoms with E-state index in [1.54, 1.807) is 4.57 Å². The number of aliphatic hydroxyl groups is 1. The largest absolute Gasteiger partial charge is 0.459 e. The second-order valence-electron chi connectivity index (χ2n) is 5.86. The molecule has 0 aliphatic carbocycles. The fourth-order valence-corrected chi connectivity index (χ4v) is 2.75.